The van der Waals surface area contributed by atoms with Crippen LogP contribution >= 0.6 is 15.9 Å². The van der Waals surface area contributed by atoms with E-state index < -0.39 is 23.9 Å². The minimum atomic E-state index is -4.57. The van der Waals surface area contributed by atoms with Gasteiger partial charge in [-0.2, -0.15) is 13.2 Å². The number of imidazole rings is 1. The summed E-state index contributed by atoms with van der Waals surface area (Å²) in [5.41, 5.74) is 0.576. The van der Waals surface area contributed by atoms with Crippen LogP contribution in [0.1, 0.15) is 34.8 Å². The molecule has 1 amide bonds. The van der Waals surface area contributed by atoms with Crippen molar-refractivity contribution in [3.8, 4) is 0 Å². The van der Waals surface area contributed by atoms with Gasteiger partial charge < -0.3 is 9.47 Å². The molecule has 3 rings (SSSR count). The minimum absolute atomic E-state index is 0.0138. The van der Waals surface area contributed by atoms with Gasteiger partial charge in [-0.05, 0) is 47.1 Å². The topological polar surface area (TPSA) is 38.1 Å². The first kappa shape index (κ1) is 16.9. The molecule has 128 valence electrons. The summed E-state index contributed by atoms with van der Waals surface area (Å²) in [5.74, 6) is -1.81. The Morgan fingerprint density at radius 3 is 2.46 bits per heavy atom. The first-order valence-corrected chi connectivity index (χ1v) is 7.89. The van der Waals surface area contributed by atoms with Gasteiger partial charge in [-0.25, -0.2) is 9.37 Å². The predicted octanol–water partition coefficient (Wildman–Crippen LogP) is 4.02. The van der Waals surface area contributed by atoms with Crippen molar-refractivity contribution in [1.82, 2.24) is 14.5 Å². The van der Waals surface area contributed by atoms with Crippen molar-refractivity contribution >= 4 is 21.8 Å². The Morgan fingerprint density at radius 2 is 1.88 bits per heavy atom. The van der Waals surface area contributed by atoms with Crippen LogP contribution in [0.2, 0.25) is 0 Å². The summed E-state index contributed by atoms with van der Waals surface area (Å²) in [7, 11) is 0. The van der Waals surface area contributed by atoms with E-state index in [4.69, 9.17) is 0 Å². The van der Waals surface area contributed by atoms with E-state index in [1.807, 2.05) is 0 Å². The van der Waals surface area contributed by atoms with Crippen LogP contribution in [0.15, 0.2) is 28.9 Å². The number of carbonyl (C=O) groups is 1. The molecule has 1 aliphatic heterocycles. The lowest BCUT2D eigenvalue weighted by atomic mass is 10.1. The van der Waals surface area contributed by atoms with Crippen LogP contribution in [-0.2, 0) is 12.7 Å². The van der Waals surface area contributed by atoms with Crippen molar-refractivity contribution in [2.45, 2.75) is 25.7 Å². The minimum Gasteiger partial charge on any atom is -0.328 e. The fourth-order valence-corrected chi connectivity index (χ4v) is 3.57. The second-order valence-corrected chi connectivity index (χ2v) is 6.19. The van der Waals surface area contributed by atoms with Gasteiger partial charge in [0.1, 0.15) is 10.4 Å². The molecule has 0 saturated heterocycles. The van der Waals surface area contributed by atoms with Crippen molar-refractivity contribution in [2.75, 3.05) is 6.54 Å². The van der Waals surface area contributed by atoms with E-state index in [2.05, 4.69) is 20.9 Å². The first-order valence-electron chi connectivity index (χ1n) is 7.10. The summed E-state index contributed by atoms with van der Waals surface area (Å²) in [5, 5.41) is 0. The Morgan fingerprint density at radius 1 is 1.25 bits per heavy atom. The average molecular weight is 406 g/mol. The number of carbonyl (C=O) groups excluding carboxylic acids is 1. The van der Waals surface area contributed by atoms with Gasteiger partial charge in [0, 0.05) is 18.7 Å². The standard InChI is InChI=1S/C15H12BrF4N3O/c1-8-11-12(16)21-14(15(18,19)20)23(11)7-6-22(8)13(24)9-2-4-10(17)5-3-9/h2-5,8H,6-7H2,1H3. The number of alkyl halides is 3. The zero-order chi connectivity index (χ0) is 17.6. The monoisotopic (exact) mass is 405 g/mol. The molecule has 0 bridgehead atoms. The summed E-state index contributed by atoms with van der Waals surface area (Å²) < 4.78 is 53.3. The molecular formula is C15H12BrF4N3O. The lowest BCUT2D eigenvalue weighted by Gasteiger charge is -2.35. The van der Waals surface area contributed by atoms with Gasteiger partial charge in [-0.1, -0.05) is 0 Å². The smallest absolute Gasteiger partial charge is 0.328 e. The van der Waals surface area contributed by atoms with Crippen molar-refractivity contribution < 1.29 is 22.4 Å². The van der Waals surface area contributed by atoms with Crippen LogP contribution in [0.3, 0.4) is 0 Å². The SMILES string of the molecule is CC1c2c(Br)nc(C(F)(F)F)n2CCN1C(=O)c1ccc(F)cc1. The highest BCUT2D eigenvalue weighted by Gasteiger charge is 2.42. The molecule has 0 radical (unpaired) electrons. The van der Waals surface area contributed by atoms with Crippen molar-refractivity contribution in [3.05, 3.63) is 51.8 Å². The van der Waals surface area contributed by atoms with Crippen LogP contribution in [0.25, 0.3) is 0 Å². The maximum atomic E-state index is 13.1. The normalized spacial score (nSPS) is 17.8. The molecule has 0 fully saturated rings. The highest BCUT2D eigenvalue weighted by molar-refractivity contribution is 9.10. The molecule has 0 saturated carbocycles. The number of benzene rings is 1. The Balaban J connectivity index is 1.95. The largest absolute Gasteiger partial charge is 0.449 e. The highest BCUT2D eigenvalue weighted by atomic mass is 79.9. The second kappa shape index (κ2) is 5.87. The zero-order valence-corrected chi connectivity index (χ0v) is 14.0. The Labute approximate surface area is 143 Å². The molecule has 1 aliphatic rings. The van der Waals surface area contributed by atoms with Crippen LogP contribution in [0.5, 0.6) is 0 Å². The summed E-state index contributed by atoms with van der Waals surface area (Å²) in [6.07, 6.45) is -4.57. The molecule has 4 nitrogen and oxygen atoms in total. The molecule has 1 atom stereocenters. The second-order valence-electron chi connectivity index (χ2n) is 5.44. The van der Waals surface area contributed by atoms with Crippen molar-refractivity contribution in [2.24, 2.45) is 0 Å². The fourth-order valence-electron chi connectivity index (χ4n) is 2.86. The van der Waals surface area contributed by atoms with E-state index >= 15 is 0 Å². The lowest BCUT2D eigenvalue weighted by molar-refractivity contribution is -0.147. The quantitative estimate of drug-likeness (QED) is 0.672. The number of amides is 1. The highest BCUT2D eigenvalue weighted by Crippen LogP contribution is 2.38. The third-order valence-corrected chi connectivity index (χ3v) is 4.58. The third kappa shape index (κ3) is 2.81. The maximum Gasteiger partial charge on any atom is 0.449 e. The number of rotatable bonds is 1. The Kier molecular flexibility index (Phi) is 4.15. The summed E-state index contributed by atoms with van der Waals surface area (Å²) in [4.78, 5) is 17.6. The maximum absolute atomic E-state index is 13.1. The Bertz CT molecular complexity index is 785. The zero-order valence-electron chi connectivity index (χ0n) is 12.4. The Hall–Kier alpha value is -1.90. The van der Waals surface area contributed by atoms with Crippen molar-refractivity contribution in [1.29, 1.82) is 0 Å². The predicted molar refractivity (Wildman–Crippen MR) is 80.8 cm³/mol. The summed E-state index contributed by atoms with van der Waals surface area (Å²) in [6.45, 7) is 1.73. The van der Waals surface area contributed by atoms with E-state index in [1.54, 1.807) is 6.92 Å². The van der Waals surface area contributed by atoms with E-state index in [1.165, 1.54) is 29.2 Å². The van der Waals surface area contributed by atoms with Crippen LogP contribution in [-0.4, -0.2) is 26.9 Å². The van der Waals surface area contributed by atoms with Crippen molar-refractivity contribution in [3.63, 3.8) is 0 Å². The van der Waals surface area contributed by atoms with Gasteiger partial charge in [0.15, 0.2) is 0 Å². The molecule has 1 aromatic carbocycles. The fraction of sp³-hybridized carbons (Fsp3) is 0.333. The molecule has 2 aromatic rings. The van der Waals surface area contributed by atoms with Crippen LogP contribution in [0.4, 0.5) is 17.6 Å². The van der Waals surface area contributed by atoms with E-state index in [0.29, 0.717) is 5.69 Å². The van der Waals surface area contributed by atoms with Gasteiger partial charge >= 0.3 is 6.18 Å². The molecule has 0 spiro atoms. The van der Waals surface area contributed by atoms with Crippen LogP contribution in [0, 0.1) is 5.82 Å². The molecule has 24 heavy (non-hydrogen) atoms. The lowest BCUT2D eigenvalue weighted by Crippen LogP contribution is -2.41. The molecule has 1 aromatic heterocycles. The van der Waals surface area contributed by atoms with E-state index in [0.717, 1.165) is 4.57 Å². The van der Waals surface area contributed by atoms with Gasteiger partial charge in [-0.3, -0.25) is 4.79 Å². The average Bonchev–Trinajstić information content (AvgIpc) is 2.86. The summed E-state index contributed by atoms with van der Waals surface area (Å²) >= 11 is 3.06. The summed E-state index contributed by atoms with van der Waals surface area (Å²) in [6, 6.07) is 4.45. The number of halogens is 5. The molecular weight excluding hydrogens is 394 g/mol. The van der Waals surface area contributed by atoms with E-state index in [-0.39, 0.29) is 29.2 Å². The number of hydrogen-bond acceptors (Lipinski definition) is 2. The molecule has 0 aliphatic carbocycles. The number of aromatic nitrogens is 2. The number of hydrogen-bond donors (Lipinski definition) is 0. The van der Waals surface area contributed by atoms with Gasteiger partial charge in [0.2, 0.25) is 5.82 Å². The van der Waals surface area contributed by atoms with Gasteiger partial charge in [-0.15, -0.1) is 0 Å². The van der Waals surface area contributed by atoms with Gasteiger partial charge in [0.25, 0.3) is 5.91 Å². The third-order valence-electron chi connectivity index (χ3n) is 4.00. The van der Waals surface area contributed by atoms with Gasteiger partial charge in [0.05, 0.1) is 11.7 Å². The number of fused-ring (bicyclic) bond motifs is 1. The molecule has 1 unspecified atom stereocenters. The molecule has 0 N–H and O–H groups in total. The van der Waals surface area contributed by atoms with E-state index in [9.17, 15) is 22.4 Å². The molecule has 9 heteroatoms. The first-order chi connectivity index (χ1) is 11.2. The number of nitrogens with zero attached hydrogens (tertiary/aromatic N) is 3. The van der Waals surface area contributed by atoms with Crippen LogP contribution < -0.4 is 0 Å². The molecule has 2 heterocycles.